The molecule has 0 aliphatic carbocycles. The Kier molecular flexibility index (Phi) is 4.60. The largest absolute Gasteiger partial charge is 0.309 e. The lowest BCUT2D eigenvalue weighted by Crippen LogP contribution is -2.13. The van der Waals surface area contributed by atoms with Gasteiger partial charge in [0.15, 0.2) is 7.14 Å². The molecule has 0 aromatic heterocycles. The van der Waals surface area contributed by atoms with Crippen LogP contribution in [0.25, 0.3) is 6.08 Å². The summed E-state index contributed by atoms with van der Waals surface area (Å²) in [5.41, 5.74) is 2.27. The molecular weight excluding hydrogens is 299 g/mol. The summed E-state index contributed by atoms with van der Waals surface area (Å²) >= 11 is 0. The van der Waals surface area contributed by atoms with E-state index in [9.17, 15) is 4.57 Å². The van der Waals surface area contributed by atoms with Crippen LogP contribution in [0.5, 0.6) is 0 Å². The second-order valence-corrected chi connectivity index (χ2v) is 8.15. The third-order valence-electron chi connectivity index (χ3n) is 3.93. The van der Waals surface area contributed by atoms with Crippen LogP contribution in [-0.4, -0.2) is 0 Å². The molecule has 23 heavy (non-hydrogen) atoms. The van der Waals surface area contributed by atoms with Gasteiger partial charge in [-0.15, -0.1) is 0 Å². The fraction of sp³-hybridized carbons (Fsp3) is 0.0476. The highest BCUT2D eigenvalue weighted by Gasteiger charge is 2.23. The summed E-state index contributed by atoms with van der Waals surface area (Å²) in [5, 5.41) is 1.71. The minimum Gasteiger partial charge on any atom is -0.309 e. The van der Waals surface area contributed by atoms with Crippen molar-refractivity contribution in [3.8, 4) is 0 Å². The highest BCUT2D eigenvalue weighted by atomic mass is 31.2. The van der Waals surface area contributed by atoms with E-state index in [-0.39, 0.29) is 0 Å². The molecule has 0 aliphatic rings. The molecule has 114 valence electrons. The maximum absolute atomic E-state index is 13.8. The first-order valence-electron chi connectivity index (χ1n) is 7.66. The molecular formula is C21H19OP. The van der Waals surface area contributed by atoms with Crippen molar-refractivity contribution in [2.24, 2.45) is 0 Å². The molecule has 3 rings (SSSR count). The van der Waals surface area contributed by atoms with Crippen molar-refractivity contribution in [3.05, 3.63) is 102 Å². The predicted molar refractivity (Wildman–Crippen MR) is 100.0 cm³/mol. The molecule has 0 N–H and O–H groups in total. The highest BCUT2D eigenvalue weighted by Crippen LogP contribution is 2.45. The van der Waals surface area contributed by atoms with Gasteiger partial charge in [0.25, 0.3) is 0 Å². The van der Waals surface area contributed by atoms with E-state index in [0.29, 0.717) is 0 Å². The van der Waals surface area contributed by atoms with Crippen molar-refractivity contribution in [2.45, 2.75) is 6.92 Å². The van der Waals surface area contributed by atoms with Crippen LogP contribution in [0.15, 0.2) is 90.7 Å². The molecule has 3 aromatic carbocycles. The Labute approximate surface area is 137 Å². The van der Waals surface area contributed by atoms with Gasteiger partial charge in [0.1, 0.15) is 0 Å². The van der Waals surface area contributed by atoms with E-state index in [4.69, 9.17) is 0 Å². The standard InChI is InChI=1S/C21H19OP/c1-18-10-8-9-11-19(18)16-17-23(22,20-12-4-2-5-13-20)21-14-6-3-7-15-21/h2-17H,1H3/b17-16+. The van der Waals surface area contributed by atoms with E-state index >= 15 is 0 Å². The molecule has 0 bridgehead atoms. The minimum absolute atomic E-state index is 0.857. The van der Waals surface area contributed by atoms with Crippen LogP contribution in [0.4, 0.5) is 0 Å². The topological polar surface area (TPSA) is 17.1 Å². The summed E-state index contributed by atoms with van der Waals surface area (Å²) in [6.07, 6.45) is 1.98. The zero-order chi connectivity index (χ0) is 16.1. The van der Waals surface area contributed by atoms with Crippen LogP contribution in [0.2, 0.25) is 0 Å². The monoisotopic (exact) mass is 318 g/mol. The molecule has 0 saturated carbocycles. The number of rotatable bonds is 4. The van der Waals surface area contributed by atoms with Crippen molar-refractivity contribution in [1.29, 1.82) is 0 Å². The van der Waals surface area contributed by atoms with Gasteiger partial charge < -0.3 is 4.57 Å². The van der Waals surface area contributed by atoms with Crippen LogP contribution in [-0.2, 0) is 4.57 Å². The van der Waals surface area contributed by atoms with Crippen LogP contribution >= 0.6 is 7.14 Å². The third-order valence-corrected chi connectivity index (χ3v) is 6.63. The zero-order valence-electron chi connectivity index (χ0n) is 13.1. The SMILES string of the molecule is Cc1ccccc1/C=C/P(=O)(c1ccccc1)c1ccccc1. The molecule has 0 unspecified atom stereocenters. The molecule has 3 aromatic rings. The maximum atomic E-state index is 13.8. The van der Waals surface area contributed by atoms with Crippen LogP contribution in [0.1, 0.15) is 11.1 Å². The molecule has 2 heteroatoms. The Balaban J connectivity index is 2.11. The van der Waals surface area contributed by atoms with Gasteiger partial charge in [-0.2, -0.15) is 0 Å². The van der Waals surface area contributed by atoms with Crippen LogP contribution in [0.3, 0.4) is 0 Å². The van der Waals surface area contributed by atoms with Crippen molar-refractivity contribution in [2.75, 3.05) is 0 Å². The average Bonchev–Trinajstić information content (AvgIpc) is 2.62. The molecule has 1 nitrogen and oxygen atoms in total. The van der Waals surface area contributed by atoms with Crippen molar-refractivity contribution >= 4 is 23.8 Å². The molecule has 0 fully saturated rings. The summed E-state index contributed by atoms with van der Waals surface area (Å²) in [6, 6.07) is 27.5. The molecule has 0 amide bonds. The van der Waals surface area contributed by atoms with Crippen LogP contribution < -0.4 is 10.6 Å². The van der Waals surface area contributed by atoms with E-state index in [1.54, 1.807) is 0 Å². The Morgan fingerprint density at radius 3 is 1.70 bits per heavy atom. The van der Waals surface area contributed by atoms with Gasteiger partial charge in [-0.1, -0.05) is 91.0 Å². The number of hydrogen-bond donors (Lipinski definition) is 0. The highest BCUT2D eigenvalue weighted by molar-refractivity contribution is 7.81. The van der Waals surface area contributed by atoms with Crippen molar-refractivity contribution in [3.63, 3.8) is 0 Å². The normalized spacial score (nSPS) is 11.7. The van der Waals surface area contributed by atoms with Crippen LogP contribution in [0, 0.1) is 6.92 Å². The Morgan fingerprint density at radius 2 is 1.17 bits per heavy atom. The summed E-state index contributed by atoms with van der Waals surface area (Å²) < 4.78 is 13.8. The van der Waals surface area contributed by atoms with Crippen molar-refractivity contribution < 1.29 is 4.57 Å². The average molecular weight is 318 g/mol. The lowest BCUT2D eigenvalue weighted by atomic mass is 10.1. The molecule has 0 aliphatic heterocycles. The van der Waals surface area contributed by atoms with Gasteiger partial charge in [-0.3, -0.25) is 0 Å². The molecule has 0 atom stereocenters. The summed E-state index contributed by atoms with van der Waals surface area (Å²) in [7, 11) is -2.79. The van der Waals surface area contributed by atoms with Gasteiger partial charge >= 0.3 is 0 Å². The molecule has 0 spiro atoms. The number of aryl methyl sites for hydroxylation is 1. The Bertz CT molecular complexity index is 808. The van der Waals surface area contributed by atoms with Gasteiger partial charge in [-0.25, -0.2) is 0 Å². The molecule has 0 saturated heterocycles. The Morgan fingerprint density at radius 1 is 0.696 bits per heavy atom. The van der Waals surface area contributed by atoms with E-state index in [0.717, 1.165) is 16.2 Å². The number of benzene rings is 3. The fourth-order valence-electron chi connectivity index (χ4n) is 2.58. The molecule has 0 radical (unpaired) electrons. The number of hydrogen-bond acceptors (Lipinski definition) is 1. The van der Waals surface area contributed by atoms with E-state index in [2.05, 4.69) is 13.0 Å². The van der Waals surface area contributed by atoms with Gasteiger partial charge in [0.2, 0.25) is 0 Å². The first-order valence-corrected chi connectivity index (χ1v) is 9.43. The van der Waals surface area contributed by atoms with Gasteiger partial charge in [-0.05, 0) is 23.9 Å². The lowest BCUT2D eigenvalue weighted by Gasteiger charge is -2.15. The predicted octanol–water partition coefficient (Wildman–Crippen LogP) is 4.98. The minimum atomic E-state index is -2.79. The second-order valence-electron chi connectivity index (χ2n) is 5.50. The van der Waals surface area contributed by atoms with E-state index in [1.807, 2.05) is 90.8 Å². The summed E-state index contributed by atoms with van der Waals surface area (Å²) in [6.45, 7) is 2.07. The zero-order valence-corrected chi connectivity index (χ0v) is 14.0. The second kappa shape index (κ2) is 6.81. The summed E-state index contributed by atoms with van der Waals surface area (Å²) in [4.78, 5) is 0. The maximum Gasteiger partial charge on any atom is 0.164 e. The first-order chi connectivity index (χ1) is 11.2. The smallest absolute Gasteiger partial charge is 0.164 e. The van der Waals surface area contributed by atoms with E-state index in [1.165, 1.54) is 5.56 Å². The van der Waals surface area contributed by atoms with Gasteiger partial charge in [0.05, 0.1) is 0 Å². The first kappa shape index (κ1) is 15.5. The Hall–Kier alpha value is -2.37. The quantitative estimate of drug-likeness (QED) is 0.620. The van der Waals surface area contributed by atoms with Gasteiger partial charge in [0, 0.05) is 10.6 Å². The summed E-state index contributed by atoms with van der Waals surface area (Å²) in [5.74, 6) is 1.88. The van der Waals surface area contributed by atoms with Crippen molar-refractivity contribution in [1.82, 2.24) is 0 Å². The fourth-order valence-corrected chi connectivity index (χ4v) is 4.82. The lowest BCUT2D eigenvalue weighted by molar-refractivity contribution is 0.592. The molecule has 0 heterocycles. The third kappa shape index (κ3) is 3.36. The van der Waals surface area contributed by atoms with E-state index < -0.39 is 7.14 Å².